The second-order valence-corrected chi connectivity index (χ2v) is 6.29. The minimum Gasteiger partial charge on any atom is -0.348 e. The third-order valence-electron chi connectivity index (χ3n) is 4.34. The Kier molecular flexibility index (Phi) is 5.46. The van der Waals surface area contributed by atoms with Crippen LogP contribution in [0.2, 0.25) is 0 Å². The maximum atomic E-state index is 12.4. The lowest BCUT2D eigenvalue weighted by Gasteiger charge is -2.27. The fourth-order valence-corrected chi connectivity index (χ4v) is 2.89. The van der Waals surface area contributed by atoms with Gasteiger partial charge in [0.2, 0.25) is 0 Å². The molecule has 5 heteroatoms. The highest BCUT2D eigenvalue weighted by atomic mass is 16.2. The molecule has 0 atom stereocenters. The van der Waals surface area contributed by atoms with Crippen LogP contribution in [0.1, 0.15) is 31.8 Å². The zero-order valence-corrected chi connectivity index (χ0v) is 14.4. The van der Waals surface area contributed by atoms with Crippen LogP contribution in [0.4, 0.5) is 0 Å². The highest BCUT2D eigenvalue weighted by molar-refractivity contribution is 5.95. The molecule has 130 valence electrons. The van der Waals surface area contributed by atoms with Gasteiger partial charge in [-0.3, -0.25) is 9.59 Å². The Labute approximate surface area is 148 Å². The number of carbonyl (C=O) groups is 2. The van der Waals surface area contributed by atoms with E-state index in [9.17, 15) is 9.59 Å². The number of piperazine rings is 1. The quantitative estimate of drug-likeness (QED) is 0.897. The van der Waals surface area contributed by atoms with Crippen LogP contribution in [0.3, 0.4) is 0 Å². The summed E-state index contributed by atoms with van der Waals surface area (Å²) in [5.74, 6) is -0.0264. The van der Waals surface area contributed by atoms with E-state index in [1.807, 2.05) is 54.3 Å². The van der Waals surface area contributed by atoms with Gasteiger partial charge < -0.3 is 15.5 Å². The van der Waals surface area contributed by atoms with E-state index in [1.54, 1.807) is 6.07 Å². The van der Waals surface area contributed by atoms with E-state index in [0.717, 1.165) is 37.3 Å². The topological polar surface area (TPSA) is 61.4 Å². The SMILES string of the molecule is Cc1cccc(C(=O)NCc2ccc(C(=O)N3CCNCC3)cc2)c1. The molecule has 0 bridgehead atoms. The number of hydrogen-bond acceptors (Lipinski definition) is 3. The minimum absolute atomic E-state index is 0.0665. The highest BCUT2D eigenvalue weighted by Gasteiger charge is 2.17. The van der Waals surface area contributed by atoms with Crippen molar-refractivity contribution >= 4 is 11.8 Å². The molecule has 3 rings (SSSR count). The Hall–Kier alpha value is -2.66. The van der Waals surface area contributed by atoms with Crippen molar-refractivity contribution in [1.29, 1.82) is 0 Å². The summed E-state index contributed by atoms with van der Waals surface area (Å²) in [6.45, 7) is 5.57. The molecule has 1 aliphatic heterocycles. The standard InChI is InChI=1S/C20H23N3O2/c1-15-3-2-4-18(13-15)19(24)22-14-16-5-7-17(8-6-16)20(25)23-11-9-21-10-12-23/h2-8,13,21H,9-12,14H2,1H3,(H,22,24). The van der Waals surface area contributed by atoms with Gasteiger partial charge in [0.1, 0.15) is 0 Å². The number of nitrogens with zero attached hydrogens (tertiary/aromatic N) is 1. The summed E-state index contributed by atoms with van der Waals surface area (Å²) in [4.78, 5) is 26.5. The lowest BCUT2D eigenvalue weighted by atomic mass is 10.1. The van der Waals surface area contributed by atoms with Gasteiger partial charge in [0.05, 0.1) is 0 Å². The molecule has 0 aromatic heterocycles. The number of amides is 2. The first-order valence-electron chi connectivity index (χ1n) is 8.57. The average Bonchev–Trinajstić information content (AvgIpc) is 2.66. The number of aryl methyl sites for hydroxylation is 1. The zero-order chi connectivity index (χ0) is 17.6. The second kappa shape index (κ2) is 7.94. The van der Waals surface area contributed by atoms with Crippen LogP contribution in [-0.4, -0.2) is 42.9 Å². The van der Waals surface area contributed by atoms with Gasteiger partial charge in [-0.25, -0.2) is 0 Å². The minimum atomic E-state index is -0.0929. The first-order chi connectivity index (χ1) is 12.1. The van der Waals surface area contributed by atoms with Crippen molar-refractivity contribution in [3.05, 3.63) is 70.8 Å². The van der Waals surface area contributed by atoms with Crippen LogP contribution in [-0.2, 0) is 6.54 Å². The Bertz CT molecular complexity index is 750. The summed E-state index contributed by atoms with van der Waals surface area (Å²) in [6, 6.07) is 15.0. The fraction of sp³-hybridized carbons (Fsp3) is 0.300. The van der Waals surface area contributed by atoms with Crippen LogP contribution in [0.25, 0.3) is 0 Å². The van der Waals surface area contributed by atoms with E-state index in [2.05, 4.69) is 10.6 Å². The van der Waals surface area contributed by atoms with Crippen LogP contribution in [0.5, 0.6) is 0 Å². The molecule has 2 aromatic carbocycles. The Morgan fingerprint density at radius 3 is 2.44 bits per heavy atom. The molecule has 1 fully saturated rings. The van der Waals surface area contributed by atoms with Gasteiger partial charge in [0.15, 0.2) is 0 Å². The number of nitrogens with one attached hydrogen (secondary N) is 2. The maximum absolute atomic E-state index is 12.4. The summed E-state index contributed by atoms with van der Waals surface area (Å²) < 4.78 is 0. The predicted octanol–water partition coefficient (Wildman–Crippen LogP) is 1.97. The lowest BCUT2D eigenvalue weighted by Crippen LogP contribution is -2.46. The third kappa shape index (κ3) is 4.45. The lowest BCUT2D eigenvalue weighted by molar-refractivity contribution is 0.0735. The molecule has 0 spiro atoms. The highest BCUT2D eigenvalue weighted by Crippen LogP contribution is 2.09. The summed E-state index contributed by atoms with van der Waals surface area (Å²) in [7, 11) is 0. The van der Waals surface area contributed by atoms with Gasteiger partial charge in [-0.05, 0) is 36.8 Å². The van der Waals surface area contributed by atoms with Gasteiger partial charge in [-0.1, -0.05) is 29.8 Å². The van der Waals surface area contributed by atoms with Crippen molar-refractivity contribution in [3.8, 4) is 0 Å². The van der Waals surface area contributed by atoms with Crippen LogP contribution in [0, 0.1) is 6.92 Å². The smallest absolute Gasteiger partial charge is 0.253 e. The van der Waals surface area contributed by atoms with Gasteiger partial charge in [0.25, 0.3) is 11.8 Å². The Balaban J connectivity index is 1.57. The molecule has 1 aliphatic rings. The Morgan fingerprint density at radius 1 is 1.04 bits per heavy atom. The summed E-state index contributed by atoms with van der Waals surface area (Å²) >= 11 is 0. The molecule has 2 N–H and O–H groups in total. The molecule has 1 heterocycles. The van der Waals surface area contributed by atoms with Crippen molar-refractivity contribution in [2.75, 3.05) is 26.2 Å². The normalized spacial score (nSPS) is 14.2. The molecule has 1 saturated heterocycles. The van der Waals surface area contributed by atoms with E-state index in [4.69, 9.17) is 0 Å². The molecule has 0 saturated carbocycles. The van der Waals surface area contributed by atoms with Gasteiger partial charge >= 0.3 is 0 Å². The predicted molar refractivity (Wildman–Crippen MR) is 97.6 cm³/mol. The second-order valence-electron chi connectivity index (χ2n) is 6.29. The summed E-state index contributed by atoms with van der Waals surface area (Å²) in [5, 5.41) is 6.15. The van der Waals surface area contributed by atoms with Gasteiger partial charge in [0, 0.05) is 43.9 Å². The van der Waals surface area contributed by atoms with Crippen LogP contribution in [0.15, 0.2) is 48.5 Å². The van der Waals surface area contributed by atoms with E-state index >= 15 is 0 Å². The Morgan fingerprint density at radius 2 is 1.76 bits per heavy atom. The molecule has 0 unspecified atom stereocenters. The van der Waals surface area contributed by atoms with Crippen molar-refractivity contribution in [2.24, 2.45) is 0 Å². The maximum Gasteiger partial charge on any atom is 0.253 e. The average molecular weight is 337 g/mol. The van der Waals surface area contributed by atoms with E-state index in [1.165, 1.54) is 0 Å². The van der Waals surface area contributed by atoms with Crippen LogP contribution < -0.4 is 10.6 Å². The number of benzene rings is 2. The molecule has 25 heavy (non-hydrogen) atoms. The molecule has 2 aromatic rings. The van der Waals surface area contributed by atoms with Crippen molar-refractivity contribution in [1.82, 2.24) is 15.5 Å². The van der Waals surface area contributed by atoms with E-state index < -0.39 is 0 Å². The number of carbonyl (C=O) groups excluding carboxylic acids is 2. The van der Waals surface area contributed by atoms with E-state index in [-0.39, 0.29) is 11.8 Å². The third-order valence-corrected chi connectivity index (χ3v) is 4.34. The molecule has 5 nitrogen and oxygen atoms in total. The monoisotopic (exact) mass is 337 g/mol. The van der Waals surface area contributed by atoms with Crippen molar-refractivity contribution in [2.45, 2.75) is 13.5 Å². The first kappa shape index (κ1) is 17.2. The summed E-state index contributed by atoms with van der Waals surface area (Å²) in [5.41, 5.74) is 3.38. The van der Waals surface area contributed by atoms with Crippen molar-refractivity contribution in [3.63, 3.8) is 0 Å². The fourth-order valence-electron chi connectivity index (χ4n) is 2.89. The first-order valence-corrected chi connectivity index (χ1v) is 8.57. The molecule has 0 radical (unpaired) electrons. The molecule has 2 amide bonds. The number of hydrogen-bond donors (Lipinski definition) is 2. The van der Waals surface area contributed by atoms with Crippen molar-refractivity contribution < 1.29 is 9.59 Å². The molecular weight excluding hydrogens is 314 g/mol. The van der Waals surface area contributed by atoms with Gasteiger partial charge in [-0.2, -0.15) is 0 Å². The van der Waals surface area contributed by atoms with Crippen LogP contribution >= 0.6 is 0 Å². The van der Waals surface area contributed by atoms with E-state index in [0.29, 0.717) is 17.7 Å². The van der Waals surface area contributed by atoms with Gasteiger partial charge in [-0.15, -0.1) is 0 Å². The largest absolute Gasteiger partial charge is 0.348 e. The number of rotatable bonds is 4. The molecular formula is C20H23N3O2. The molecule has 0 aliphatic carbocycles. The zero-order valence-electron chi connectivity index (χ0n) is 14.4. The summed E-state index contributed by atoms with van der Waals surface area (Å²) in [6.07, 6.45) is 0.